The normalized spacial score (nSPS) is 10.9. The molecule has 18 heavy (non-hydrogen) atoms. The SMILES string of the molecule is NC(=S)NNS(=O)(=O)c1ccc(F)c([N+](=O)[O-])c1. The molecule has 11 heteroatoms. The number of benzene rings is 1. The number of hydrogen-bond donors (Lipinski definition) is 3. The highest BCUT2D eigenvalue weighted by molar-refractivity contribution is 7.89. The smallest absolute Gasteiger partial charge is 0.306 e. The van der Waals surface area contributed by atoms with Crippen molar-refractivity contribution in [3.8, 4) is 0 Å². The van der Waals surface area contributed by atoms with Crippen LogP contribution in [0.5, 0.6) is 0 Å². The number of rotatable bonds is 4. The standard InChI is InChI=1S/C7H7FN4O4S2/c8-5-2-1-4(3-6(5)12(13)14)18(15,16)11-10-7(9)17/h1-3,11H,(H3,9,10,17). The summed E-state index contributed by atoms with van der Waals surface area (Å²) in [6.45, 7) is 0. The first kappa shape index (κ1) is 14.2. The molecule has 0 heterocycles. The van der Waals surface area contributed by atoms with Gasteiger partial charge >= 0.3 is 5.69 Å². The number of nitro benzene ring substituents is 1. The van der Waals surface area contributed by atoms with Gasteiger partial charge in [-0.05, 0) is 24.4 Å². The Labute approximate surface area is 106 Å². The fourth-order valence-electron chi connectivity index (χ4n) is 0.976. The van der Waals surface area contributed by atoms with Crippen molar-refractivity contribution in [2.45, 2.75) is 4.90 Å². The number of nitrogens with zero attached hydrogens (tertiary/aromatic N) is 1. The molecule has 0 saturated heterocycles. The Hall–Kier alpha value is -1.85. The highest BCUT2D eigenvalue weighted by Crippen LogP contribution is 2.21. The molecule has 1 aromatic carbocycles. The average Bonchev–Trinajstić information content (AvgIpc) is 2.26. The van der Waals surface area contributed by atoms with E-state index in [-0.39, 0.29) is 5.11 Å². The van der Waals surface area contributed by atoms with Crippen LogP contribution in [0, 0.1) is 15.9 Å². The van der Waals surface area contributed by atoms with Gasteiger partial charge in [-0.25, -0.2) is 8.42 Å². The summed E-state index contributed by atoms with van der Waals surface area (Å²) in [6.07, 6.45) is 0. The second-order valence-corrected chi connectivity index (χ2v) is 5.09. The molecule has 0 unspecified atom stereocenters. The Morgan fingerprint density at radius 2 is 2.11 bits per heavy atom. The third kappa shape index (κ3) is 3.32. The second-order valence-electron chi connectivity index (χ2n) is 2.97. The molecule has 0 aliphatic heterocycles. The molecule has 98 valence electrons. The molecular weight excluding hydrogens is 287 g/mol. The van der Waals surface area contributed by atoms with Crippen molar-refractivity contribution in [2.24, 2.45) is 5.73 Å². The molecule has 0 spiro atoms. The van der Waals surface area contributed by atoms with Gasteiger partial charge < -0.3 is 5.73 Å². The summed E-state index contributed by atoms with van der Waals surface area (Å²) in [5, 5.41) is 10.1. The van der Waals surface area contributed by atoms with E-state index in [2.05, 4.69) is 12.2 Å². The van der Waals surface area contributed by atoms with Crippen LogP contribution in [0.3, 0.4) is 0 Å². The van der Waals surface area contributed by atoms with Gasteiger partial charge in [-0.2, -0.15) is 4.39 Å². The maximum Gasteiger partial charge on any atom is 0.306 e. The molecule has 0 bridgehead atoms. The van der Waals surface area contributed by atoms with E-state index in [1.807, 2.05) is 5.43 Å². The van der Waals surface area contributed by atoms with Gasteiger partial charge in [-0.3, -0.25) is 15.5 Å². The summed E-state index contributed by atoms with van der Waals surface area (Å²) in [4.78, 5) is 10.7. The highest BCUT2D eigenvalue weighted by atomic mass is 32.2. The molecule has 0 atom stereocenters. The molecule has 0 aliphatic rings. The Morgan fingerprint density at radius 1 is 1.50 bits per heavy atom. The lowest BCUT2D eigenvalue weighted by Gasteiger charge is -2.07. The van der Waals surface area contributed by atoms with E-state index in [0.717, 1.165) is 6.07 Å². The van der Waals surface area contributed by atoms with Crippen molar-refractivity contribution in [3.05, 3.63) is 34.1 Å². The topological polar surface area (TPSA) is 127 Å². The van der Waals surface area contributed by atoms with Gasteiger partial charge in [0.15, 0.2) is 5.11 Å². The van der Waals surface area contributed by atoms with E-state index in [9.17, 15) is 22.9 Å². The van der Waals surface area contributed by atoms with Crippen molar-refractivity contribution in [1.29, 1.82) is 0 Å². The van der Waals surface area contributed by atoms with E-state index in [1.54, 1.807) is 4.83 Å². The van der Waals surface area contributed by atoms with Crippen LogP contribution < -0.4 is 16.0 Å². The zero-order valence-corrected chi connectivity index (χ0v) is 10.2. The van der Waals surface area contributed by atoms with Gasteiger partial charge in [0.25, 0.3) is 10.0 Å². The van der Waals surface area contributed by atoms with Crippen LogP contribution in [0.2, 0.25) is 0 Å². The van der Waals surface area contributed by atoms with Crippen LogP contribution in [0.15, 0.2) is 23.1 Å². The minimum Gasteiger partial charge on any atom is -0.375 e. The molecule has 0 radical (unpaired) electrons. The van der Waals surface area contributed by atoms with Gasteiger partial charge in [0, 0.05) is 6.07 Å². The van der Waals surface area contributed by atoms with Gasteiger partial charge in [0.1, 0.15) is 0 Å². The molecule has 4 N–H and O–H groups in total. The number of nitro groups is 1. The average molecular weight is 294 g/mol. The molecule has 0 fully saturated rings. The van der Waals surface area contributed by atoms with Gasteiger partial charge in [-0.15, -0.1) is 4.83 Å². The minimum absolute atomic E-state index is 0.338. The first-order chi connectivity index (χ1) is 8.24. The van der Waals surface area contributed by atoms with Crippen LogP contribution in [0.4, 0.5) is 10.1 Å². The molecule has 1 aromatic rings. The van der Waals surface area contributed by atoms with Crippen LogP contribution in [0.25, 0.3) is 0 Å². The zero-order valence-electron chi connectivity index (χ0n) is 8.58. The van der Waals surface area contributed by atoms with Crippen LogP contribution in [0.1, 0.15) is 0 Å². The van der Waals surface area contributed by atoms with Gasteiger partial charge in [0.2, 0.25) is 5.82 Å². The second kappa shape index (κ2) is 5.20. The Bertz CT molecular complexity index is 603. The monoisotopic (exact) mass is 294 g/mol. The lowest BCUT2D eigenvalue weighted by atomic mass is 10.3. The molecule has 0 aliphatic carbocycles. The molecular formula is C7H7FN4O4S2. The summed E-state index contributed by atoms with van der Waals surface area (Å²) in [5.74, 6) is -1.14. The number of nitrogens with one attached hydrogen (secondary N) is 2. The van der Waals surface area contributed by atoms with Crippen LogP contribution >= 0.6 is 12.2 Å². The predicted octanol–water partition coefficient (Wildman–Crippen LogP) is -0.240. The Balaban J connectivity index is 3.14. The maximum absolute atomic E-state index is 13.0. The van der Waals surface area contributed by atoms with Crippen LogP contribution in [-0.2, 0) is 10.0 Å². The lowest BCUT2D eigenvalue weighted by Crippen LogP contribution is -2.44. The zero-order chi connectivity index (χ0) is 13.9. The third-order valence-corrected chi connectivity index (χ3v) is 3.08. The summed E-state index contributed by atoms with van der Waals surface area (Å²) in [7, 11) is -4.13. The largest absolute Gasteiger partial charge is 0.375 e. The molecule has 0 saturated carbocycles. The van der Waals surface area contributed by atoms with Gasteiger partial charge in [0.05, 0.1) is 9.82 Å². The quantitative estimate of drug-likeness (QED) is 0.397. The summed E-state index contributed by atoms with van der Waals surface area (Å²) in [5.41, 5.74) is 6.01. The molecule has 8 nitrogen and oxygen atoms in total. The van der Waals surface area contributed by atoms with Crippen molar-refractivity contribution < 1.29 is 17.7 Å². The minimum atomic E-state index is -4.13. The van der Waals surface area contributed by atoms with E-state index in [0.29, 0.717) is 12.1 Å². The number of nitrogens with two attached hydrogens (primary N) is 1. The summed E-state index contributed by atoms with van der Waals surface area (Å²) >= 11 is 4.37. The maximum atomic E-state index is 13.0. The van der Waals surface area contributed by atoms with Crippen molar-refractivity contribution >= 4 is 33.0 Å². The lowest BCUT2D eigenvalue weighted by molar-refractivity contribution is -0.387. The molecule has 0 amide bonds. The van der Waals surface area contributed by atoms with Gasteiger partial charge in [-0.1, -0.05) is 0 Å². The number of thiocarbonyl (C=S) groups is 1. The number of hydrogen-bond acceptors (Lipinski definition) is 5. The fraction of sp³-hybridized carbons (Fsp3) is 0. The molecule has 0 aromatic heterocycles. The Morgan fingerprint density at radius 3 is 2.61 bits per heavy atom. The van der Waals surface area contributed by atoms with Crippen LogP contribution in [-0.4, -0.2) is 18.5 Å². The fourth-order valence-corrected chi connectivity index (χ4v) is 1.97. The van der Waals surface area contributed by atoms with E-state index in [4.69, 9.17) is 5.73 Å². The summed E-state index contributed by atoms with van der Waals surface area (Å²) < 4.78 is 36.2. The van der Waals surface area contributed by atoms with Crippen molar-refractivity contribution in [3.63, 3.8) is 0 Å². The first-order valence-corrected chi connectivity index (χ1v) is 6.14. The van der Waals surface area contributed by atoms with Crippen molar-refractivity contribution in [2.75, 3.05) is 0 Å². The third-order valence-electron chi connectivity index (χ3n) is 1.73. The highest BCUT2D eigenvalue weighted by Gasteiger charge is 2.21. The number of sulfonamides is 1. The number of hydrazine groups is 1. The predicted molar refractivity (Wildman–Crippen MR) is 63.3 cm³/mol. The first-order valence-electron chi connectivity index (χ1n) is 4.25. The number of halogens is 1. The molecule has 1 rings (SSSR count). The van der Waals surface area contributed by atoms with E-state index in [1.165, 1.54) is 0 Å². The van der Waals surface area contributed by atoms with E-state index >= 15 is 0 Å². The van der Waals surface area contributed by atoms with Crippen molar-refractivity contribution in [1.82, 2.24) is 10.3 Å². The van der Waals surface area contributed by atoms with E-state index < -0.39 is 31.3 Å². The summed E-state index contributed by atoms with van der Waals surface area (Å²) in [6, 6.07) is 2.12. The Kier molecular flexibility index (Phi) is 4.11.